The third kappa shape index (κ3) is 3.56. The van der Waals surface area contributed by atoms with Crippen molar-refractivity contribution in [2.75, 3.05) is 6.54 Å². The van der Waals surface area contributed by atoms with E-state index >= 15 is 0 Å². The van der Waals surface area contributed by atoms with Crippen molar-refractivity contribution < 1.29 is 4.79 Å². The number of carbonyl (C=O) groups excluding carboxylic acids is 1. The highest BCUT2D eigenvalue weighted by molar-refractivity contribution is 5.91. The van der Waals surface area contributed by atoms with E-state index in [-0.39, 0.29) is 5.91 Å². The third-order valence-electron chi connectivity index (χ3n) is 1.58. The van der Waals surface area contributed by atoms with Gasteiger partial charge in [0, 0.05) is 12.6 Å². The number of hydrogen-bond acceptors (Lipinski definition) is 1. The van der Waals surface area contributed by atoms with Crippen molar-refractivity contribution in [1.29, 1.82) is 0 Å². The summed E-state index contributed by atoms with van der Waals surface area (Å²) in [5, 5.41) is 2.69. The molecule has 0 radical (unpaired) electrons. The van der Waals surface area contributed by atoms with E-state index in [0.29, 0.717) is 6.54 Å². The van der Waals surface area contributed by atoms with Gasteiger partial charge in [-0.1, -0.05) is 30.3 Å². The normalized spacial score (nSPS) is 10.2. The van der Waals surface area contributed by atoms with Crippen LogP contribution < -0.4 is 5.32 Å². The molecule has 0 saturated carbocycles. The van der Waals surface area contributed by atoms with Crippen molar-refractivity contribution in [2.24, 2.45) is 0 Å². The van der Waals surface area contributed by atoms with E-state index in [9.17, 15) is 4.79 Å². The number of nitrogens with one attached hydrogen (secondary N) is 1. The second kappa shape index (κ2) is 5.14. The lowest BCUT2D eigenvalue weighted by molar-refractivity contribution is -0.116. The molecule has 1 N–H and O–H groups in total. The van der Waals surface area contributed by atoms with E-state index < -0.39 is 0 Å². The fourth-order valence-corrected chi connectivity index (χ4v) is 0.969. The first kappa shape index (κ1) is 9.52. The lowest BCUT2D eigenvalue weighted by Crippen LogP contribution is -2.19. The van der Waals surface area contributed by atoms with E-state index in [4.69, 9.17) is 0 Å². The SMILES string of the molecule is CCNC(=O)C=Cc1ccccc1. The van der Waals surface area contributed by atoms with E-state index in [1.165, 1.54) is 0 Å². The van der Waals surface area contributed by atoms with Gasteiger partial charge in [-0.25, -0.2) is 0 Å². The Morgan fingerprint density at radius 2 is 2.08 bits per heavy atom. The molecular weight excluding hydrogens is 162 g/mol. The zero-order valence-electron chi connectivity index (χ0n) is 7.66. The summed E-state index contributed by atoms with van der Waals surface area (Å²) in [5.41, 5.74) is 1.04. The van der Waals surface area contributed by atoms with Gasteiger partial charge in [-0.3, -0.25) is 4.79 Å². The van der Waals surface area contributed by atoms with Crippen molar-refractivity contribution in [3.63, 3.8) is 0 Å². The summed E-state index contributed by atoms with van der Waals surface area (Å²) in [5.74, 6) is -0.0497. The molecule has 0 aromatic heterocycles. The van der Waals surface area contributed by atoms with E-state index in [1.807, 2.05) is 37.3 Å². The average Bonchev–Trinajstić information content (AvgIpc) is 2.17. The van der Waals surface area contributed by atoms with Crippen molar-refractivity contribution in [2.45, 2.75) is 6.92 Å². The second-order valence-electron chi connectivity index (χ2n) is 2.64. The molecule has 2 heteroatoms. The Kier molecular flexibility index (Phi) is 3.76. The highest BCUT2D eigenvalue weighted by Gasteiger charge is 1.90. The molecule has 0 heterocycles. The van der Waals surface area contributed by atoms with Crippen LogP contribution in [0.1, 0.15) is 12.5 Å². The van der Waals surface area contributed by atoms with E-state index in [1.54, 1.807) is 12.2 Å². The Morgan fingerprint density at radius 3 is 2.69 bits per heavy atom. The quantitative estimate of drug-likeness (QED) is 0.698. The van der Waals surface area contributed by atoms with Crippen LogP contribution in [0, 0.1) is 0 Å². The molecule has 0 bridgehead atoms. The van der Waals surface area contributed by atoms with Gasteiger partial charge in [0.15, 0.2) is 0 Å². The molecule has 0 unspecified atom stereocenters. The molecular formula is C11H13NO. The molecule has 0 aliphatic carbocycles. The van der Waals surface area contributed by atoms with Gasteiger partial charge in [-0.15, -0.1) is 0 Å². The van der Waals surface area contributed by atoms with Crippen LogP contribution in [0.15, 0.2) is 36.4 Å². The summed E-state index contributed by atoms with van der Waals surface area (Å²) >= 11 is 0. The molecule has 13 heavy (non-hydrogen) atoms. The maximum Gasteiger partial charge on any atom is 0.243 e. The monoisotopic (exact) mass is 175 g/mol. The Hall–Kier alpha value is -1.57. The molecule has 1 aromatic rings. The predicted molar refractivity (Wildman–Crippen MR) is 54.2 cm³/mol. The first-order valence-electron chi connectivity index (χ1n) is 4.34. The average molecular weight is 175 g/mol. The van der Waals surface area contributed by atoms with Crippen LogP contribution in [0.2, 0.25) is 0 Å². The Balaban J connectivity index is 2.54. The second-order valence-corrected chi connectivity index (χ2v) is 2.64. The molecule has 0 atom stereocenters. The molecule has 0 fully saturated rings. The van der Waals surface area contributed by atoms with Gasteiger partial charge >= 0.3 is 0 Å². The van der Waals surface area contributed by atoms with E-state index in [2.05, 4.69) is 5.32 Å². The first-order chi connectivity index (χ1) is 6.33. The minimum atomic E-state index is -0.0497. The highest BCUT2D eigenvalue weighted by Crippen LogP contribution is 2.00. The van der Waals surface area contributed by atoms with Gasteiger partial charge in [0.25, 0.3) is 0 Å². The molecule has 0 spiro atoms. The van der Waals surface area contributed by atoms with Gasteiger partial charge in [0.05, 0.1) is 0 Å². The number of likely N-dealkylation sites (N-methyl/N-ethyl adjacent to an activating group) is 1. The number of benzene rings is 1. The maximum absolute atomic E-state index is 11.0. The Labute approximate surface area is 78.3 Å². The van der Waals surface area contributed by atoms with Crippen LogP contribution in [0.3, 0.4) is 0 Å². The molecule has 68 valence electrons. The summed E-state index contributed by atoms with van der Waals surface area (Å²) in [7, 11) is 0. The summed E-state index contributed by atoms with van der Waals surface area (Å²) in [4.78, 5) is 11.0. The molecule has 1 aromatic carbocycles. The van der Waals surface area contributed by atoms with Gasteiger partial charge < -0.3 is 5.32 Å². The minimum absolute atomic E-state index is 0.0497. The maximum atomic E-state index is 11.0. The smallest absolute Gasteiger partial charge is 0.243 e. The molecule has 1 amide bonds. The highest BCUT2D eigenvalue weighted by atomic mass is 16.1. The van der Waals surface area contributed by atoms with Crippen LogP contribution in [0.5, 0.6) is 0 Å². The van der Waals surface area contributed by atoms with Crippen molar-refractivity contribution >= 4 is 12.0 Å². The van der Waals surface area contributed by atoms with Crippen LogP contribution in [0.25, 0.3) is 6.08 Å². The van der Waals surface area contributed by atoms with Gasteiger partial charge in [-0.2, -0.15) is 0 Å². The fraction of sp³-hybridized carbons (Fsp3) is 0.182. The van der Waals surface area contributed by atoms with Crippen LogP contribution in [0.4, 0.5) is 0 Å². The van der Waals surface area contributed by atoms with E-state index in [0.717, 1.165) is 5.56 Å². The number of hydrogen-bond donors (Lipinski definition) is 1. The Morgan fingerprint density at radius 1 is 1.38 bits per heavy atom. The van der Waals surface area contributed by atoms with Crippen molar-refractivity contribution in [3.05, 3.63) is 42.0 Å². The molecule has 2 nitrogen and oxygen atoms in total. The summed E-state index contributed by atoms with van der Waals surface area (Å²) in [6.45, 7) is 2.56. The van der Waals surface area contributed by atoms with Crippen LogP contribution in [-0.4, -0.2) is 12.5 Å². The third-order valence-corrected chi connectivity index (χ3v) is 1.58. The minimum Gasteiger partial charge on any atom is -0.353 e. The summed E-state index contributed by atoms with van der Waals surface area (Å²) in [6.07, 6.45) is 3.34. The topological polar surface area (TPSA) is 29.1 Å². The fourth-order valence-electron chi connectivity index (χ4n) is 0.969. The summed E-state index contributed by atoms with van der Waals surface area (Å²) in [6, 6.07) is 9.74. The standard InChI is InChI=1S/C11H13NO/c1-2-12-11(13)9-8-10-6-4-3-5-7-10/h3-9H,2H2,1H3,(H,12,13). The lowest BCUT2D eigenvalue weighted by Gasteiger charge is -1.94. The van der Waals surface area contributed by atoms with Crippen molar-refractivity contribution in [1.82, 2.24) is 5.32 Å². The van der Waals surface area contributed by atoms with Crippen LogP contribution in [-0.2, 0) is 4.79 Å². The number of amides is 1. The largest absolute Gasteiger partial charge is 0.353 e. The lowest BCUT2D eigenvalue weighted by atomic mass is 10.2. The zero-order chi connectivity index (χ0) is 9.52. The van der Waals surface area contributed by atoms with Gasteiger partial charge in [-0.05, 0) is 18.6 Å². The van der Waals surface area contributed by atoms with Gasteiger partial charge in [0.1, 0.15) is 0 Å². The van der Waals surface area contributed by atoms with Crippen LogP contribution >= 0.6 is 0 Å². The molecule has 0 aliphatic rings. The summed E-state index contributed by atoms with van der Waals surface area (Å²) < 4.78 is 0. The van der Waals surface area contributed by atoms with Crippen molar-refractivity contribution in [3.8, 4) is 0 Å². The molecule has 0 saturated heterocycles. The zero-order valence-corrected chi connectivity index (χ0v) is 7.66. The number of rotatable bonds is 3. The van der Waals surface area contributed by atoms with Gasteiger partial charge in [0.2, 0.25) is 5.91 Å². The predicted octanol–water partition coefficient (Wildman–Crippen LogP) is 1.84. The Bertz CT molecular complexity index is 290. The molecule has 0 aliphatic heterocycles. The molecule has 1 rings (SSSR count). The first-order valence-corrected chi connectivity index (χ1v) is 4.34. The number of carbonyl (C=O) groups is 1.